The molecule has 0 aromatic heterocycles. The molecule has 1 amide bonds. The molecule has 6 nitrogen and oxygen atoms in total. The van der Waals surface area contributed by atoms with Gasteiger partial charge in [0.05, 0.1) is 16.6 Å². The lowest BCUT2D eigenvalue weighted by Crippen LogP contribution is -2.58. The summed E-state index contributed by atoms with van der Waals surface area (Å²) in [4.78, 5) is 13.1. The van der Waals surface area contributed by atoms with Crippen LogP contribution in [-0.4, -0.2) is 43.4 Å². The monoisotopic (exact) mass is 551 g/mol. The van der Waals surface area contributed by atoms with Crippen molar-refractivity contribution in [3.8, 4) is 0 Å². The number of aryl methyl sites for hydroxylation is 1. The zero-order valence-electron chi connectivity index (χ0n) is 21.6. The van der Waals surface area contributed by atoms with Crippen LogP contribution in [0.15, 0.2) is 53.4 Å². The molecule has 2 aliphatic rings. The number of hydrogen-bond acceptors (Lipinski definition) is 4. The van der Waals surface area contributed by atoms with Gasteiger partial charge in [-0.3, -0.25) is 10.1 Å². The highest BCUT2D eigenvalue weighted by Gasteiger charge is 2.39. The van der Waals surface area contributed by atoms with Crippen LogP contribution in [0.1, 0.15) is 68.1 Å². The van der Waals surface area contributed by atoms with Crippen LogP contribution in [0.3, 0.4) is 0 Å². The molecular weight excluding hydrogens is 515 g/mol. The molecule has 1 unspecified atom stereocenters. The van der Waals surface area contributed by atoms with Gasteiger partial charge < -0.3 is 5.32 Å². The minimum atomic E-state index is -4.67. The van der Waals surface area contributed by atoms with E-state index in [1.807, 2.05) is 31.2 Å². The number of halogens is 3. The fourth-order valence-electron chi connectivity index (χ4n) is 5.36. The Kier molecular flexibility index (Phi) is 9.15. The molecule has 1 aliphatic carbocycles. The van der Waals surface area contributed by atoms with E-state index >= 15 is 0 Å². The van der Waals surface area contributed by atoms with Gasteiger partial charge in [0.15, 0.2) is 0 Å². The van der Waals surface area contributed by atoms with Gasteiger partial charge in [-0.15, -0.1) is 0 Å². The quantitative estimate of drug-likeness (QED) is 0.444. The number of carbonyl (C=O) groups is 1. The highest BCUT2D eigenvalue weighted by Crippen LogP contribution is 2.32. The van der Waals surface area contributed by atoms with Crippen molar-refractivity contribution >= 4 is 15.9 Å². The van der Waals surface area contributed by atoms with Gasteiger partial charge in [0, 0.05) is 19.0 Å². The van der Waals surface area contributed by atoms with Crippen LogP contribution in [0.5, 0.6) is 0 Å². The smallest absolute Gasteiger partial charge is 0.339 e. The Morgan fingerprint density at radius 2 is 1.68 bits per heavy atom. The van der Waals surface area contributed by atoms with Gasteiger partial charge >= 0.3 is 6.18 Å². The number of nitrogens with zero attached hydrogens (tertiary/aromatic N) is 1. The maximum absolute atomic E-state index is 13.6. The highest BCUT2D eigenvalue weighted by molar-refractivity contribution is 7.89. The second-order valence-corrected chi connectivity index (χ2v) is 12.3. The van der Waals surface area contributed by atoms with Crippen molar-refractivity contribution in [1.82, 2.24) is 14.9 Å². The molecule has 2 fully saturated rings. The minimum Gasteiger partial charge on any atom is -0.339 e. The number of rotatable bonds is 8. The molecular formula is C28H36F3N3O3S. The normalized spacial score (nSPS) is 20.7. The molecule has 1 saturated carbocycles. The Labute approximate surface area is 223 Å². The van der Waals surface area contributed by atoms with E-state index in [2.05, 4.69) is 10.6 Å². The summed E-state index contributed by atoms with van der Waals surface area (Å²) in [6.07, 6.45) is 2.44. The number of hydrogen-bond donors (Lipinski definition) is 2. The van der Waals surface area contributed by atoms with Crippen LogP contribution in [0.25, 0.3) is 0 Å². The van der Waals surface area contributed by atoms with Crippen molar-refractivity contribution in [1.29, 1.82) is 0 Å². The largest absolute Gasteiger partial charge is 0.416 e. The molecule has 10 heteroatoms. The molecule has 1 saturated heterocycles. The third-order valence-electron chi connectivity index (χ3n) is 7.44. The van der Waals surface area contributed by atoms with Gasteiger partial charge in [-0.25, -0.2) is 8.42 Å². The Hall–Kier alpha value is -2.43. The standard InChI is InChI=1S/C28H36F3N3O3S/c1-20-13-15-21(16-14-20)18-26(32-23-9-3-2-4-10-23)33-27(35)25-12-5-6-17-34(25)38(36,37)24-11-7-8-22(19-24)28(29,30)31/h7-8,11,13-16,19,23,25-26,32H,2-6,9-10,12,17-18H2,1H3,(H,33,35)/t25?,26-/m0/s1. The van der Waals surface area contributed by atoms with Crippen LogP contribution in [0, 0.1) is 6.92 Å². The Morgan fingerprint density at radius 1 is 1.00 bits per heavy atom. The fourth-order valence-corrected chi connectivity index (χ4v) is 7.06. The molecule has 0 radical (unpaired) electrons. The lowest BCUT2D eigenvalue weighted by Gasteiger charge is -2.36. The number of piperidine rings is 1. The zero-order chi connectivity index (χ0) is 27.3. The molecule has 4 rings (SSSR count). The summed E-state index contributed by atoms with van der Waals surface area (Å²) in [6.45, 7) is 2.08. The molecule has 208 valence electrons. The molecule has 0 spiro atoms. The highest BCUT2D eigenvalue weighted by atomic mass is 32.2. The number of benzene rings is 2. The number of carbonyl (C=O) groups excluding carboxylic acids is 1. The lowest BCUT2D eigenvalue weighted by atomic mass is 9.95. The van der Waals surface area contributed by atoms with Crippen LogP contribution in [0.4, 0.5) is 13.2 Å². The SMILES string of the molecule is Cc1ccc(C[C@H](NC(=O)C2CCCCN2S(=O)(=O)c2cccc(C(F)(F)F)c2)NC2CCCCC2)cc1. The maximum atomic E-state index is 13.6. The molecule has 1 aliphatic heterocycles. The molecule has 1 heterocycles. The van der Waals surface area contributed by atoms with Crippen molar-refractivity contribution in [3.63, 3.8) is 0 Å². The molecule has 0 bridgehead atoms. The summed E-state index contributed by atoms with van der Waals surface area (Å²) in [5.74, 6) is -0.430. The topological polar surface area (TPSA) is 78.5 Å². The van der Waals surface area contributed by atoms with E-state index in [4.69, 9.17) is 0 Å². The number of alkyl halides is 3. The summed E-state index contributed by atoms with van der Waals surface area (Å²) in [7, 11) is -4.31. The number of amides is 1. The number of sulfonamides is 1. The third-order valence-corrected chi connectivity index (χ3v) is 9.35. The maximum Gasteiger partial charge on any atom is 0.416 e. The van der Waals surface area contributed by atoms with Crippen molar-refractivity contribution in [2.45, 2.75) is 94.0 Å². The summed E-state index contributed by atoms with van der Waals surface area (Å²) < 4.78 is 67.8. The second-order valence-electron chi connectivity index (χ2n) is 10.4. The van der Waals surface area contributed by atoms with Gasteiger partial charge in [0.1, 0.15) is 6.04 Å². The van der Waals surface area contributed by atoms with Crippen LogP contribution in [-0.2, 0) is 27.4 Å². The van der Waals surface area contributed by atoms with E-state index in [-0.39, 0.29) is 12.6 Å². The third kappa shape index (κ3) is 7.15. The van der Waals surface area contributed by atoms with E-state index in [1.165, 1.54) is 6.42 Å². The minimum absolute atomic E-state index is 0.0787. The first-order chi connectivity index (χ1) is 18.0. The molecule has 38 heavy (non-hydrogen) atoms. The predicted octanol–water partition coefficient (Wildman–Crippen LogP) is 5.16. The van der Waals surface area contributed by atoms with Crippen LogP contribution in [0.2, 0.25) is 0 Å². The van der Waals surface area contributed by atoms with Crippen molar-refractivity contribution in [2.24, 2.45) is 0 Å². The van der Waals surface area contributed by atoms with E-state index in [0.717, 1.165) is 59.3 Å². The van der Waals surface area contributed by atoms with Gasteiger partial charge in [0.2, 0.25) is 15.9 Å². The molecule has 2 aromatic carbocycles. The van der Waals surface area contributed by atoms with E-state index in [1.54, 1.807) is 0 Å². The second kappa shape index (κ2) is 12.2. The first-order valence-electron chi connectivity index (χ1n) is 13.3. The Bertz CT molecular complexity index is 1200. The van der Waals surface area contributed by atoms with Crippen molar-refractivity contribution in [2.75, 3.05) is 6.54 Å². The van der Waals surface area contributed by atoms with Gasteiger partial charge in [-0.05, 0) is 56.4 Å². The van der Waals surface area contributed by atoms with Crippen molar-refractivity contribution in [3.05, 3.63) is 65.2 Å². The van der Waals surface area contributed by atoms with Crippen molar-refractivity contribution < 1.29 is 26.4 Å². The van der Waals surface area contributed by atoms with E-state index < -0.39 is 44.8 Å². The van der Waals surface area contributed by atoms with Crippen LogP contribution < -0.4 is 10.6 Å². The summed E-state index contributed by atoms with van der Waals surface area (Å²) in [6, 6.07) is 11.0. The molecule has 2 N–H and O–H groups in total. The first-order valence-corrected chi connectivity index (χ1v) is 14.8. The Morgan fingerprint density at radius 3 is 2.37 bits per heavy atom. The average Bonchev–Trinajstić information content (AvgIpc) is 2.90. The predicted molar refractivity (Wildman–Crippen MR) is 140 cm³/mol. The number of nitrogens with one attached hydrogen (secondary N) is 2. The Balaban J connectivity index is 1.54. The average molecular weight is 552 g/mol. The van der Waals surface area contributed by atoms with E-state index in [9.17, 15) is 26.4 Å². The van der Waals surface area contributed by atoms with Gasteiger partial charge in [0.25, 0.3) is 0 Å². The van der Waals surface area contributed by atoms with Gasteiger partial charge in [-0.1, -0.05) is 61.6 Å². The summed E-state index contributed by atoms with van der Waals surface area (Å²) >= 11 is 0. The lowest BCUT2D eigenvalue weighted by molar-refractivity contribution is -0.137. The fraction of sp³-hybridized carbons (Fsp3) is 0.536. The molecule has 2 atom stereocenters. The zero-order valence-corrected chi connectivity index (χ0v) is 22.5. The molecule has 2 aromatic rings. The van der Waals surface area contributed by atoms with Gasteiger partial charge in [-0.2, -0.15) is 17.5 Å². The summed E-state index contributed by atoms with van der Waals surface area (Å²) in [5.41, 5.74) is 1.14. The van der Waals surface area contributed by atoms with Crippen LogP contribution >= 0.6 is 0 Å². The first kappa shape index (κ1) is 28.6. The summed E-state index contributed by atoms with van der Waals surface area (Å²) in [5, 5.41) is 6.62. The van der Waals surface area contributed by atoms with E-state index in [0.29, 0.717) is 31.7 Å².